The van der Waals surface area contributed by atoms with Crippen molar-refractivity contribution >= 4 is 5.97 Å². The van der Waals surface area contributed by atoms with Crippen molar-refractivity contribution < 1.29 is 19.4 Å². The van der Waals surface area contributed by atoms with Crippen LogP contribution in [0.1, 0.15) is 34.1 Å². The summed E-state index contributed by atoms with van der Waals surface area (Å²) in [4.78, 5) is 40.7. The van der Waals surface area contributed by atoms with Crippen LogP contribution >= 0.6 is 0 Å². The van der Waals surface area contributed by atoms with E-state index in [4.69, 9.17) is 15.0 Å². The van der Waals surface area contributed by atoms with Crippen molar-refractivity contribution in [1.82, 2.24) is 9.55 Å². The fraction of sp³-hybridized carbons (Fsp3) is 0.389. The van der Waals surface area contributed by atoms with Crippen LogP contribution < -0.4 is 11.2 Å². The molecule has 29 heavy (non-hydrogen) atoms. The monoisotopic (exact) mass is 401 g/mol. The SMILES string of the molecule is Cc1cn([C@H]2C[C@H](O)[C@@H](COC(=O)c3ccccc3CN=[N+]=[N-])O2)c(=O)[nH]c1=O. The molecule has 1 aromatic carbocycles. The summed E-state index contributed by atoms with van der Waals surface area (Å²) in [6, 6.07) is 6.55. The first kappa shape index (κ1) is 20.3. The zero-order chi connectivity index (χ0) is 21.0. The van der Waals surface area contributed by atoms with E-state index in [1.807, 2.05) is 0 Å². The molecule has 2 N–H and O–H groups in total. The Morgan fingerprint density at radius 2 is 2.21 bits per heavy atom. The van der Waals surface area contributed by atoms with Gasteiger partial charge in [-0.05, 0) is 24.1 Å². The number of benzene rings is 1. The molecule has 0 spiro atoms. The molecule has 11 heteroatoms. The number of carbonyl (C=O) groups is 1. The Bertz CT molecular complexity index is 1070. The minimum Gasteiger partial charge on any atom is -0.459 e. The fourth-order valence-corrected chi connectivity index (χ4v) is 3.04. The van der Waals surface area contributed by atoms with Gasteiger partial charge in [-0.3, -0.25) is 14.3 Å². The van der Waals surface area contributed by atoms with Gasteiger partial charge in [0.2, 0.25) is 0 Å². The first-order chi connectivity index (χ1) is 13.9. The highest BCUT2D eigenvalue weighted by molar-refractivity contribution is 5.91. The molecular formula is C18H19N5O6. The van der Waals surface area contributed by atoms with Crippen molar-refractivity contribution in [2.24, 2.45) is 5.11 Å². The molecule has 11 nitrogen and oxygen atoms in total. The van der Waals surface area contributed by atoms with Gasteiger partial charge in [0, 0.05) is 23.1 Å². The molecule has 1 saturated heterocycles. The third-order valence-corrected chi connectivity index (χ3v) is 4.58. The van der Waals surface area contributed by atoms with Gasteiger partial charge in [0.05, 0.1) is 18.2 Å². The van der Waals surface area contributed by atoms with Crippen LogP contribution in [0.4, 0.5) is 0 Å². The van der Waals surface area contributed by atoms with Crippen LogP contribution in [0.3, 0.4) is 0 Å². The second-order valence-corrected chi connectivity index (χ2v) is 6.56. The van der Waals surface area contributed by atoms with Crippen molar-refractivity contribution in [2.75, 3.05) is 6.61 Å². The highest BCUT2D eigenvalue weighted by atomic mass is 16.6. The topological polar surface area (TPSA) is 159 Å². The number of carbonyl (C=O) groups excluding carboxylic acids is 1. The Balaban J connectivity index is 1.67. The number of aromatic amines is 1. The van der Waals surface area contributed by atoms with E-state index < -0.39 is 35.7 Å². The Morgan fingerprint density at radius 1 is 1.45 bits per heavy atom. The fourth-order valence-electron chi connectivity index (χ4n) is 3.04. The molecule has 152 valence electrons. The number of aliphatic hydroxyl groups is 1. The number of hydrogen-bond donors (Lipinski definition) is 2. The van der Waals surface area contributed by atoms with Gasteiger partial charge in [0.15, 0.2) is 0 Å². The summed E-state index contributed by atoms with van der Waals surface area (Å²) >= 11 is 0. The van der Waals surface area contributed by atoms with Crippen LogP contribution in [0, 0.1) is 6.92 Å². The van der Waals surface area contributed by atoms with Crippen LogP contribution in [-0.4, -0.2) is 39.4 Å². The molecule has 0 aliphatic carbocycles. The van der Waals surface area contributed by atoms with E-state index in [1.54, 1.807) is 31.2 Å². The average Bonchev–Trinajstić information content (AvgIpc) is 3.07. The van der Waals surface area contributed by atoms with E-state index in [2.05, 4.69) is 15.0 Å². The lowest BCUT2D eigenvalue weighted by Crippen LogP contribution is -2.33. The summed E-state index contributed by atoms with van der Waals surface area (Å²) in [6.45, 7) is 1.32. The van der Waals surface area contributed by atoms with Crippen LogP contribution in [0.15, 0.2) is 45.2 Å². The third kappa shape index (κ3) is 4.54. The predicted molar refractivity (Wildman–Crippen MR) is 100 cm³/mol. The number of azide groups is 1. The summed E-state index contributed by atoms with van der Waals surface area (Å²) < 4.78 is 12.1. The summed E-state index contributed by atoms with van der Waals surface area (Å²) in [5, 5.41) is 13.7. The molecule has 0 saturated carbocycles. The van der Waals surface area contributed by atoms with Crippen molar-refractivity contribution in [2.45, 2.75) is 38.3 Å². The molecule has 1 fully saturated rings. The summed E-state index contributed by atoms with van der Waals surface area (Å²) in [7, 11) is 0. The summed E-state index contributed by atoms with van der Waals surface area (Å²) in [5.74, 6) is -0.648. The van der Waals surface area contributed by atoms with Crippen molar-refractivity contribution in [3.8, 4) is 0 Å². The first-order valence-corrected chi connectivity index (χ1v) is 8.82. The molecule has 1 aliphatic heterocycles. The molecule has 3 rings (SSSR count). The molecular weight excluding hydrogens is 382 g/mol. The number of aryl methyl sites for hydroxylation is 1. The third-order valence-electron chi connectivity index (χ3n) is 4.58. The molecule has 1 aromatic heterocycles. The second-order valence-electron chi connectivity index (χ2n) is 6.56. The number of nitrogens with one attached hydrogen (secondary N) is 1. The minimum atomic E-state index is -0.967. The predicted octanol–water partition coefficient (Wildman–Crippen LogP) is 1.16. The maximum atomic E-state index is 12.4. The average molecular weight is 401 g/mol. The normalized spacial score (nSPS) is 20.8. The number of H-pyrrole nitrogens is 1. The Labute approximate surface area is 164 Å². The Hall–Kier alpha value is -3.40. The Kier molecular flexibility index (Phi) is 6.13. The lowest BCUT2D eigenvalue weighted by Gasteiger charge is -2.17. The number of rotatable bonds is 6. The molecule has 0 bridgehead atoms. The number of nitrogens with zero attached hydrogens (tertiary/aromatic N) is 4. The van der Waals surface area contributed by atoms with Crippen LogP contribution in [0.5, 0.6) is 0 Å². The molecule has 1 aliphatic rings. The number of aromatic nitrogens is 2. The van der Waals surface area contributed by atoms with Gasteiger partial charge in [0.25, 0.3) is 5.56 Å². The quantitative estimate of drug-likeness (QED) is 0.320. The Morgan fingerprint density at radius 3 is 2.97 bits per heavy atom. The van der Waals surface area contributed by atoms with E-state index in [0.29, 0.717) is 11.1 Å². The zero-order valence-corrected chi connectivity index (χ0v) is 15.5. The second kappa shape index (κ2) is 8.74. The zero-order valence-electron chi connectivity index (χ0n) is 15.5. The van der Waals surface area contributed by atoms with Crippen molar-refractivity contribution in [1.29, 1.82) is 0 Å². The maximum Gasteiger partial charge on any atom is 0.338 e. The van der Waals surface area contributed by atoms with E-state index >= 15 is 0 Å². The number of esters is 1. The maximum absolute atomic E-state index is 12.4. The van der Waals surface area contributed by atoms with E-state index in [9.17, 15) is 19.5 Å². The van der Waals surface area contributed by atoms with Gasteiger partial charge in [0.1, 0.15) is 18.9 Å². The molecule has 0 radical (unpaired) electrons. The van der Waals surface area contributed by atoms with Crippen LogP contribution in [0.25, 0.3) is 10.4 Å². The number of aliphatic hydroxyl groups excluding tert-OH is 1. The first-order valence-electron chi connectivity index (χ1n) is 8.82. The van der Waals surface area contributed by atoms with Gasteiger partial charge in [-0.1, -0.05) is 23.3 Å². The number of hydrogen-bond acceptors (Lipinski definition) is 7. The van der Waals surface area contributed by atoms with Gasteiger partial charge < -0.3 is 14.6 Å². The summed E-state index contributed by atoms with van der Waals surface area (Å²) in [6.07, 6.45) is -1.15. The van der Waals surface area contributed by atoms with Crippen molar-refractivity contribution in [3.63, 3.8) is 0 Å². The molecule has 0 amide bonds. The van der Waals surface area contributed by atoms with Crippen LogP contribution in [-0.2, 0) is 16.0 Å². The van der Waals surface area contributed by atoms with Crippen molar-refractivity contribution in [3.05, 3.63) is 78.4 Å². The molecule has 3 atom stereocenters. The lowest BCUT2D eigenvalue weighted by atomic mass is 10.1. The summed E-state index contributed by atoms with van der Waals surface area (Å²) in [5.41, 5.74) is 8.40. The smallest absolute Gasteiger partial charge is 0.338 e. The highest BCUT2D eigenvalue weighted by Crippen LogP contribution is 2.28. The van der Waals surface area contributed by atoms with Gasteiger partial charge in [-0.25, -0.2) is 9.59 Å². The van der Waals surface area contributed by atoms with E-state index in [1.165, 1.54) is 10.8 Å². The molecule has 2 aromatic rings. The van der Waals surface area contributed by atoms with Gasteiger partial charge in [-0.2, -0.15) is 0 Å². The van der Waals surface area contributed by atoms with Crippen LogP contribution in [0.2, 0.25) is 0 Å². The van der Waals surface area contributed by atoms with Gasteiger partial charge >= 0.3 is 11.7 Å². The van der Waals surface area contributed by atoms with E-state index in [0.717, 1.165) is 0 Å². The number of ether oxygens (including phenoxy) is 2. The van der Waals surface area contributed by atoms with E-state index in [-0.39, 0.29) is 25.1 Å². The standard InChI is InChI=1S/C18H19N5O6/c1-10-8-23(18(27)21-16(10)25)15-6-13(24)14(29-15)9-28-17(26)12-5-3-2-4-11(12)7-20-22-19/h2-5,8,13-15,24H,6-7,9H2,1H3,(H,21,25,27)/t13-,14+,15+/m0/s1. The lowest BCUT2D eigenvalue weighted by molar-refractivity contribution is -0.0532. The minimum absolute atomic E-state index is 0.000872. The molecule has 0 unspecified atom stereocenters. The largest absolute Gasteiger partial charge is 0.459 e. The molecule has 2 heterocycles. The van der Waals surface area contributed by atoms with Gasteiger partial charge in [-0.15, -0.1) is 0 Å². The highest BCUT2D eigenvalue weighted by Gasteiger charge is 2.36.